The molecule has 0 amide bonds. The van der Waals surface area contributed by atoms with Gasteiger partial charge in [-0.15, -0.1) is 0 Å². The zero-order valence-electron chi connectivity index (χ0n) is 11.7. The lowest BCUT2D eigenvalue weighted by Gasteiger charge is -2.09. The summed E-state index contributed by atoms with van der Waals surface area (Å²) < 4.78 is 1.83. The highest BCUT2D eigenvalue weighted by atomic mass is 35.5. The zero-order chi connectivity index (χ0) is 14.4. The van der Waals surface area contributed by atoms with Crippen molar-refractivity contribution in [3.8, 4) is 11.3 Å². The molecule has 3 nitrogen and oxygen atoms in total. The topological polar surface area (TPSA) is 43.3 Å². The Morgan fingerprint density at radius 2 is 1.80 bits per heavy atom. The Kier molecular flexibility index (Phi) is 2.94. The molecule has 2 aromatic heterocycles. The van der Waals surface area contributed by atoms with E-state index in [1.165, 1.54) is 16.7 Å². The number of hydrogen-bond donors (Lipinski definition) is 1. The van der Waals surface area contributed by atoms with E-state index in [0.717, 1.165) is 11.3 Å². The summed E-state index contributed by atoms with van der Waals surface area (Å²) in [5, 5.41) is 0.605. The maximum absolute atomic E-state index is 6.26. The molecule has 2 heterocycles. The molecule has 0 saturated heterocycles. The van der Waals surface area contributed by atoms with Gasteiger partial charge in [0.05, 0.1) is 5.02 Å². The fourth-order valence-electron chi connectivity index (χ4n) is 2.79. The van der Waals surface area contributed by atoms with E-state index in [2.05, 4.69) is 37.9 Å². The molecule has 0 unspecified atom stereocenters. The number of rotatable bonds is 1. The minimum Gasteiger partial charge on any atom is -0.383 e. The first-order valence-electron chi connectivity index (χ1n) is 6.49. The van der Waals surface area contributed by atoms with Crippen molar-refractivity contribution in [2.75, 3.05) is 5.73 Å². The zero-order valence-corrected chi connectivity index (χ0v) is 12.5. The van der Waals surface area contributed by atoms with Gasteiger partial charge in [0.2, 0.25) is 0 Å². The van der Waals surface area contributed by atoms with Crippen LogP contribution in [0, 0.1) is 20.8 Å². The Balaban J connectivity index is 2.36. The Bertz CT molecular complexity index is 795. The van der Waals surface area contributed by atoms with Crippen molar-refractivity contribution in [3.63, 3.8) is 0 Å². The van der Waals surface area contributed by atoms with E-state index in [4.69, 9.17) is 17.3 Å². The van der Waals surface area contributed by atoms with Crippen LogP contribution in [0.4, 0.5) is 5.82 Å². The molecule has 20 heavy (non-hydrogen) atoms. The highest BCUT2D eigenvalue weighted by Crippen LogP contribution is 2.33. The molecule has 102 valence electrons. The maximum atomic E-state index is 6.26. The summed E-state index contributed by atoms with van der Waals surface area (Å²) in [5.74, 6) is 0.623. The van der Waals surface area contributed by atoms with Gasteiger partial charge in [-0.25, -0.2) is 4.98 Å². The summed E-state index contributed by atoms with van der Waals surface area (Å²) in [6, 6.07) is 7.98. The number of fused-ring (bicyclic) bond motifs is 1. The molecule has 3 aromatic rings. The molecular formula is C16H16ClN3. The van der Waals surface area contributed by atoms with Crippen LogP contribution < -0.4 is 5.73 Å². The van der Waals surface area contributed by atoms with Crippen LogP contribution in [0.15, 0.2) is 30.5 Å². The summed E-state index contributed by atoms with van der Waals surface area (Å²) in [7, 11) is 0. The van der Waals surface area contributed by atoms with Gasteiger partial charge in [-0.2, -0.15) is 0 Å². The van der Waals surface area contributed by atoms with Gasteiger partial charge in [-0.05, 0) is 44.0 Å². The van der Waals surface area contributed by atoms with Gasteiger partial charge in [0, 0.05) is 11.8 Å². The lowest BCUT2D eigenvalue weighted by atomic mass is 9.97. The summed E-state index contributed by atoms with van der Waals surface area (Å²) in [4.78, 5) is 4.64. The number of hydrogen-bond acceptors (Lipinski definition) is 2. The average molecular weight is 286 g/mol. The Hall–Kier alpha value is -2.00. The molecule has 0 bridgehead atoms. The molecule has 1 aromatic carbocycles. The average Bonchev–Trinajstić information content (AvgIpc) is 2.68. The second kappa shape index (κ2) is 4.53. The van der Waals surface area contributed by atoms with E-state index in [-0.39, 0.29) is 0 Å². The third kappa shape index (κ3) is 1.86. The number of nitrogen functional groups attached to an aromatic ring is 1. The largest absolute Gasteiger partial charge is 0.383 e. The minimum atomic E-state index is 0.605. The SMILES string of the molecule is Cc1cc(C)c(-c2nc3c(Cl)cccn3c2N)c(C)c1. The number of nitrogens with two attached hydrogens (primary N) is 1. The van der Waals surface area contributed by atoms with Gasteiger partial charge in [-0.3, -0.25) is 4.40 Å². The molecule has 3 rings (SSSR count). The van der Waals surface area contributed by atoms with Gasteiger partial charge in [0.25, 0.3) is 0 Å². The van der Waals surface area contributed by atoms with Gasteiger partial charge < -0.3 is 5.73 Å². The predicted octanol–water partition coefficient (Wildman–Crippen LogP) is 4.16. The first kappa shape index (κ1) is 13.0. The Labute approximate surface area is 123 Å². The molecule has 0 fully saturated rings. The molecule has 4 heteroatoms. The highest BCUT2D eigenvalue weighted by Gasteiger charge is 2.16. The molecule has 0 atom stereocenters. The van der Waals surface area contributed by atoms with Crippen LogP contribution in [-0.4, -0.2) is 9.38 Å². The van der Waals surface area contributed by atoms with E-state index in [0.29, 0.717) is 16.5 Å². The Morgan fingerprint density at radius 3 is 2.40 bits per heavy atom. The third-order valence-electron chi connectivity index (χ3n) is 3.55. The molecule has 2 N–H and O–H groups in total. The third-order valence-corrected chi connectivity index (χ3v) is 3.85. The standard InChI is InChI=1S/C16H16ClN3/c1-9-7-10(2)13(11(3)8-9)14-15(18)20-6-4-5-12(17)16(20)19-14/h4-8H,18H2,1-3H3. The van der Waals surface area contributed by atoms with Crippen molar-refractivity contribution in [2.24, 2.45) is 0 Å². The van der Waals surface area contributed by atoms with Crippen molar-refractivity contribution >= 4 is 23.1 Å². The van der Waals surface area contributed by atoms with Crippen molar-refractivity contribution in [2.45, 2.75) is 20.8 Å². The van der Waals surface area contributed by atoms with Crippen LogP contribution >= 0.6 is 11.6 Å². The summed E-state index contributed by atoms with van der Waals surface area (Å²) in [5.41, 5.74) is 12.4. The second-order valence-electron chi connectivity index (χ2n) is 5.17. The summed E-state index contributed by atoms with van der Waals surface area (Å²) >= 11 is 6.20. The van der Waals surface area contributed by atoms with E-state index in [9.17, 15) is 0 Å². The van der Waals surface area contributed by atoms with Crippen LogP contribution in [0.5, 0.6) is 0 Å². The summed E-state index contributed by atoms with van der Waals surface area (Å²) in [6.45, 7) is 6.26. The van der Waals surface area contributed by atoms with E-state index >= 15 is 0 Å². The monoisotopic (exact) mass is 285 g/mol. The maximum Gasteiger partial charge on any atom is 0.157 e. The number of aromatic nitrogens is 2. The lowest BCUT2D eigenvalue weighted by molar-refractivity contribution is 1.20. The molecule has 0 aliphatic rings. The number of anilines is 1. The quantitative estimate of drug-likeness (QED) is 0.729. The molecule has 0 saturated carbocycles. The fraction of sp³-hybridized carbons (Fsp3) is 0.188. The minimum absolute atomic E-state index is 0.605. The van der Waals surface area contributed by atoms with Crippen molar-refractivity contribution in [1.29, 1.82) is 0 Å². The molecule has 0 aliphatic heterocycles. The van der Waals surface area contributed by atoms with Gasteiger partial charge in [-0.1, -0.05) is 29.3 Å². The molecule has 0 aliphatic carbocycles. The predicted molar refractivity (Wildman–Crippen MR) is 84.3 cm³/mol. The number of benzene rings is 1. The van der Waals surface area contributed by atoms with E-state index < -0.39 is 0 Å². The molecular weight excluding hydrogens is 270 g/mol. The molecule has 0 radical (unpaired) electrons. The van der Waals surface area contributed by atoms with Gasteiger partial charge in [0.1, 0.15) is 11.5 Å². The number of aryl methyl sites for hydroxylation is 3. The Morgan fingerprint density at radius 1 is 1.15 bits per heavy atom. The lowest BCUT2D eigenvalue weighted by Crippen LogP contribution is -1.96. The van der Waals surface area contributed by atoms with Crippen LogP contribution in [-0.2, 0) is 0 Å². The fourth-order valence-corrected chi connectivity index (χ4v) is 3.00. The summed E-state index contributed by atoms with van der Waals surface area (Å²) in [6.07, 6.45) is 1.88. The van der Waals surface area contributed by atoms with Crippen molar-refractivity contribution in [3.05, 3.63) is 52.2 Å². The number of imidazole rings is 1. The smallest absolute Gasteiger partial charge is 0.157 e. The highest BCUT2D eigenvalue weighted by molar-refractivity contribution is 6.33. The number of halogens is 1. The van der Waals surface area contributed by atoms with Crippen LogP contribution in [0.3, 0.4) is 0 Å². The van der Waals surface area contributed by atoms with E-state index in [1.54, 1.807) is 0 Å². The van der Waals surface area contributed by atoms with Crippen LogP contribution in [0.2, 0.25) is 5.02 Å². The van der Waals surface area contributed by atoms with Crippen LogP contribution in [0.1, 0.15) is 16.7 Å². The number of pyridine rings is 1. The second-order valence-corrected chi connectivity index (χ2v) is 5.58. The van der Waals surface area contributed by atoms with Crippen LogP contribution in [0.25, 0.3) is 16.9 Å². The first-order valence-corrected chi connectivity index (χ1v) is 6.87. The van der Waals surface area contributed by atoms with E-state index in [1.807, 2.05) is 22.7 Å². The number of nitrogens with zero attached hydrogens (tertiary/aromatic N) is 2. The first-order chi connectivity index (χ1) is 9.49. The van der Waals surface area contributed by atoms with Crippen molar-refractivity contribution in [1.82, 2.24) is 9.38 Å². The van der Waals surface area contributed by atoms with Crippen molar-refractivity contribution < 1.29 is 0 Å². The molecule has 0 spiro atoms. The van der Waals surface area contributed by atoms with Gasteiger partial charge in [0.15, 0.2) is 5.65 Å². The normalized spacial score (nSPS) is 11.2. The van der Waals surface area contributed by atoms with Gasteiger partial charge >= 0.3 is 0 Å².